The number of nitrogens with one attached hydrogen (secondary N) is 1. The third-order valence-electron chi connectivity index (χ3n) is 3.71. The first kappa shape index (κ1) is 16.9. The van der Waals surface area contributed by atoms with Crippen molar-refractivity contribution in [3.63, 3.8) is 0 Å². The molecule has 0 radical (unpaired) electrons. The molecule has 1 aromatic carbocycles. The van der Waals surface area contributed by atoms with Crippen LogP contribution < -0.4 is 4.74 Å². The van der Waals surface area contributed by atoms with Crippen LogP contribution in [0.4, 0.5) is 17.6 Å². The molecular weight excluding hydrogens is 338 g/mol. The number of methoxy groups -OCH3 is 1. The van der Waals surface area contributed by atoms with E-state index in [2.05, 4.69) is 15.0 Å². The lowest BCUT2D eigenvalue weighted by molar-refractivity contribution is -0.140. The summed E-state index contributed by atoms with van der Waals surface area (Å²) in [5.74, 6) is -0.426. The maximum atomic E-state index is 14.4. The normalized spacial score (nSPS) is 11.6. The van der Waals surface area contributed by atoms with Gasteiger partial charge in [-0.05, 0) is 30.2 Å². The van der Waals surface area contributed by atoms with Crippen LogP contribution in [-0.2, 0) is 6.18 Å². The summed E-state index contributed by atoms with van der Waals surface area (Å²) in [7, 11) is 1.49. The molecule has 8 heteroatoms. The van der Waals surface area contributed by atoms with Gasteiger partial charge in [0.05, 0.1) is 18.9 Å². The van der Waals surface area contributed by atoms with Crippen molar-refractivity contribution in [1.29, 1.82) is 0 Å². The van der Waals surface area contributed by atoms with E-state index in [0.29, 0.717) is 23.2 Å². The number of rotatable bonds is 3. The van der Waals surface area contributed by atoms with Gasteiger partial charge in [0.25, 0.3) is 0 Å². The fourth-order valence-corrected chi connectivity index (χ4v) is 2.42. The molecule has 0 unspecified atom stereocenters. The number of alkyl halides is 3. The zero-order valence-corrected chi connectivity index (χ0v) is 13.3. The molecule has 3 aromatic rings. The van der Waals surface area contributed by atoms with E-state index in [4.69, 9.17) is 4.74 Å². The van der Waals surface area contributed by atoms with Gasteiger partial charge in [-0.1, -0.05) is 6.07 Å². The molecule has 0 atom stereocenters. The molecule has 0 saturated heterocycles. The van der Waals surface area contributed by atoms with Gasteiger partial charge >= 0.3 is 6.18 Å². The quantitative estimate of drug-likeness (QED) is 0.701. The second-order valence-electron chi connectivity index (χ2n) is 5.38. The van der Waals surface area contributed by atoms with Crippen LogP contribution in [0.3, 0.4) is 0 Å². The maximum Gasteiger partial charge on any atom is 0.432 e. The highest BCUT2D eigenvalue weighted by Crippen LogP contribution is 2.32. The lowest BCUT2D eigenvalue weighted by Gasteiger charge is -2.09. The van der Waals surface area contributed by atoms with Crippen molar-refractivity contribution < 1.29 is 22.3 Å². The van der Waals surface area contributed by atoms with Crippen LogP contribution in [0.2, 0.25) is 0 Å². The Morgan fingerprint density at radius 2 is 1.80 bits per heavy atom. The molecule has 4 nitrogen and oxygen atoms in total. The van der Waals surface area contributed by atoms with Crippen molar-refractivity contribution in [3.8, 4) is 28.4 Å². The molecule has 0 saturated carbocycles. The molecule has 0 aliphatic heterocycles. The van der Waals surface area contributed by atoms with E-state index in [1.807, 2.05) is 6.92 Å². The van der Waals surface area contributed by atoms with Crippen LogP contribution in [0.1, 0.15) is 11.3 Å². The Hall–Kier alpha value is -2.90. The van der Waals surface area contributed by atoms with E-state index < -0.39 is 17.7 Å². The molecule has 25 heavy (non-hydrogen) atoms. The summed E-state index contributed by atoms with van der Waals surface area (Å²) in [5.41, 5.74) is 1.01. The van der Waals surface area contributed by atoms with Crippen LogP contribution in [0.15, 0.2) is 36.7 Å². The predicted octanol–water partition coefficient (Wildman–Crippen LogP) is 4.61. The first-order valence-corrected chi connectivity index (χ1v) is 7.22. The van der Waals surface area contributed by atoms with E-state index in [-0.39, 0.29) is 11.4 Å². The molecule has 0 amide bonds. The minimum Gasteiger partial charge on any atom is -0.481 e. The van der Waals surface area contributed by atoms with Crippen molar-refractivity contribution in [3.05, 3.63) is 53.7 Å². The standard InChI is InChI=1S/C17H13F4N3O/c1-9-5-15(25-2)22-7-12(9)10-3-4-11(13(18)6-10)16-23-8-14(24-16)17(19,20)21/h3-8H,1-2H3,(H,23,24). The summed E-state index contributed by atoms with van der Waals surface area (Å²) in [4.78, 5) is 9.79. The van der Waals surface area contributed by atoms with Gasteiger partial charge in [-0.25, -0.2) is 14.4 Å². The number of aromatic nitrogens is 3. The fourth-order valence-electron chi connectivity index (χ4n) is 2.42. The topological polar surface area (TPSA) is 50.8 Å². The highest BCUT2D eigenvalue weighted by Gasteiger charge is 2.33. The number of aryl methyl sites for hydroxylation is 1. The zero-order chi connectivity index (χ0) is 18.2. The van der Waals surface area contributed by atoms with Gasteiger partial charge in [-0.3, -0.25) is 0 Å². The molecule has 2 heterocycles. The Balaban J connectivity index is 1.98. The summed E-state index contributed by atoms with van der Waals surface area (Å²) >= 11 is 0. The Morgan fingerprint density at radius 1 is 1.04 bits per heavy atom. The van der Waals surface area contributed by atoms with Gasteiger partial charge in [0.2, 0.25) is 5.88 Å². The number of halogens is 4. The highest BCUT2D eigenvalue weighted by atomic mass is 19.4. The molecule has 3 rings (SSSR count). The third kappa shape index (κ3) is 3.33. The maximum absolute atomic E-state index is 14.4. The SMILES string of the molecule is COc1cc(C)c(-c2ccc(-c3ncc(C(F)(F)F)[nH]3)c(F)c2)cn1. The molecule has 130 valence electrons. The molecule has 2 aromatic heterocycles. The van der Waals surface area contributed by atoms with Crippen LogP contribution in [0, 0.1) is 12.7 Å². The van der Waals surface area contributed by atoms with Crippen molar-refractivity contribution in [2.75, 3.05) is 7.11 Å². The van der Waals surface area contributed by atoms with Gasteiger partial charge in [0.15, 0.2) is 0 Å². The van der Waals surface area contributed by atoms with Crippen LogP contribution >= 0.6 is 0 Å². The van der Waals surface area contributed by atoms with Gasteiger partial charge in [-0.15, -0.1) is 0 Å². The summed E-state index contributed by atoms with van der Waals surface area (Å²) in [6.45, 7) is 1.83. The first-order chi connectivity index (χ1) is 11.8. The first-order valence-electron chi connectivity index (χ1n) is 7.22. The van der Waals surface area contributed by atoms with E-state index in [1.165, 1.54) is 19.2 Å². The van der Waals surface area contributed by atoms with E-state index in [1.54, 1.807) is 18.3 Å². The summed E-state index contributed by atoms with van der Waals surface area (Å²) < 4.78 is 57.3. The smallest absolute Gasteiger partial charge is 0.432 e. The summed E-state index contributed by atoms with van der Waals surface area (Å²) in [6, 6.07) is 5.93. The largest absolute Gasteiger partial charge is 0.481 e. The average molecular weight is 351 g/mol. The van der Waals surface area contributed by atoms with Crippen molar-refractivity contribution in [2.45, 2.75) is 13.1 Å². The summed E-state index contributed by atoms with van der Waals surface area (Å²) in [5, 5.41) is 0. The number of aromatic amines is 1. The number of benzene rings is 1. The molecule has 0 aliphatic carbocycles. The number of hydrogen-bond acceptors (Lipinski definition) is 3. The number of imidazole rings is 1. The molecule has 1 N–H and O–H groups in total. The molecule has 0 fully saturated rings. The molecule has 0 spiro atoms. The Kier molecular flexibility index (Phi) is 4.20. The predicted molar refractivity (Wildman–Crippen MR) is 83.5 cm³/mol. The number of ether oxygens (including phenoxy) is 1. The van der Waals surface area contributed by atoms with Gasteiger partial charge < -0.3 is 9.72 Å². The molecule has 0 aliphatic rings. The zero-order valence-electron chi connectivity index (χ0n) is 13.3. The minimum absolute atomic E-state index is 0.0432. The Labute approximate surface area is 140 Å². The van der Waals surface area contributed by atoms with Crippen LogP contribution in [0.5, 0.6) is 5.88 Å². The van der Waals surface area contributed by atoms with E-state index >= 15 is 0 Å². The number of nitrogens with zero attached hydrogens (tertiary/aromatic N) is 2. The van der Waals surface area contributed by atoms with Crippen molar-refractivity contribution in [2.24, 2.45) is 0 Å². The fraction of sp³-hybridized carbons (Fsp3) is 0.176. The third-order valence-corrected chi connectivity index (χ3v) is 3.71. The minimum atomic E-state index is -4.56. The summed E-state index contributed by atoms with van der Waals surface area (Å²) in [6.07, 6.45) is -2.37. The number of H-pyrrole nitrogens is 1. The van der Waals surface area contributed by atoms with E-state index in [9.17, 15) is 17.6 Å². The Morgan fingerprint density at radius 3 is 2.36 bits per heavy atom. The lowest BCUT2D eigenvalue weighted by Crippen LogP contribution is -2.04. The van der Waals surface area contributed by atoms with Crippen LogP contribution in [-0.4, -0.2) is 22.1 Å². The van der Waals surface area contributed by atoms with Gasteiger partial charge in [0, 0.05) is 17.8 Å². The second-order valence-corrected chi connectivity index (χ2v) is 5.38. The molecule has 0 bridgehead atoms. The monoisotopic (exact) mass is 351 g/mol. The lowest BCUT2D eigenvalue weighted by atomic mass is 10.0. The van der Waals surface area contributed by atoms with Gasteiger partial charge in [0.1, 0.15) is 17.3 Å². The number of hydrogen-bond donors (Lipinski definition) is 1. The van der Waals surface area contributed by atoms with E-state index in [0.717, 1.165) is 5.56 Å². The second kappa shape index (κ2) is 6.19. The van der Waals surface area contributed by atoms with Crippen LogP contribution in [0.25, 0.3) is 22.5 Å². The molecular formula is C17H13F4N3O. The van der Waals surface area contributed by atoms with Gasteiger partial charge in [-0.2, -0.15) is 13.2 Å². The van der Waals surface area contributed by atoms with Crippen molar-refractivity contribution >= 4 is 0 Å². The average Bonchev–Trinajstić information content (AvgIpc) is 3.04. The number of pyridine rings is 1. The highest BCUT2D eigenvalue weighted by molar-refractivity contribution is 5.70. The Bertz CT molecular complexity index is 918. The van der Waals surface area contributed by atoms with Crippen molar-refractivity contribution in [1.82, 2.24) is 15.0 Å².